The summed E-state index contributed by atoms with van der Waals surface area (Å²) >= 11 is 1.60. The first-order valence-corrected chi connectivity index (χ1v) is 12.0. The molecule has 0 spiro atoms. The minimum absolute atomic E-state index is 0.00466. The van der Waals surface area contributed by atoms with E-state index in [1.165, 1.54) is 24.0 Å². The van der Waals surface area contributed by atoms with Gasteiger partial charge in [-0.25, -0.2) is 0 Å². The number of rotatable bonds is 9. The number of hydrogen-bond donors (Lipinski definition) is 1. The third kappa shape index (κ3) is 6.63. The fraction of sp³-hybridized carbons (Fsp3) is 0.440. The molecule has 1 aliphatic rings. The Labute approximate surface area is 184 Å². The van der Waals surface area contributed by atoms with Gasteiger partial charge in [-0.1, -0.05) is 73.0 Å². The fourth-order valence-corrected chi connectivity index (χ4v) is 4.65. The first-order valence-electron chi connectivity index (χ1n) is 10.8. The van der Waals surface area contributed by atoms with Gasteiger partial charge in [0.05, 0.1) is 5.75 Å². The van der Waals surface area contributed by atoms with Gasteiger partial charge in [-0.05, 0) is 37.8 Å². The van der Waals surface area contributed by atoms with Crippen molar-refractivity contribution in [1.29, 1.82) is 0 Å². The molecule has 2 amide bonds. The van der Waals surface area contributed by atoms with Gasteiger partial charge in [0.1, 0.15) is 6.04 Å². The van der Waals surface area contributed by atoms with Crippen LogP contribution in [0, 0.1) is 6.92 Å². The van der Waals surface area contributed by atoms with Crippen LogP contribution in [0.3, 0.4) is 0 Å². The standard InChI is InChI=1S/C25H32N2O2S/c1-19-12-14-22(15-13-19)17-30-18-24(28)27(16-21-8-4-3-5-9-21)20(2)25(29)26-23-10-6-7-11-23/h3-5,8-9,12-15,20,23H,6-7,10-11,16-18H2,1-2H3,(H,26,29). The van der Waals surface area contributed by atoms with Gasteiger partial charge >= 0.3 is 0 Å². The molecule has 2 aromatic carbocycles. The van der Waals surface area contributed by atoms with Crippen molar-refractivity contribution in [3.05, 3.63) is 71.3 Å². The summed E-state index contributed by atoms with van der Waals surface area (Å²) in [4.78, 5) is 27.7. The molecule has 4 nitrogen and oxygen atoms in total. The number of amides is 2. The zero-order chi connectivity index (χ0) is 21.3. The van der Waals surface area contributed by atoms with Crippen LogP contribution < -0.4 is 5.32 Å². The minimum atomic E-state index is -0.488. The molecular weight excluding hydrogens is 392 g/mol. The summed E-state index contributed by atoms with van der Waals surface area (Å²) in [5.41, 5.74) is 3.48. The van der Waals surface area contributed by atoms with Crippen LogP contribution in [0.15, 0.2) is 54.6 Å². The molecular formula is C25H32N2O2S. The topological polar surface area (TPSA) is 49.4 Å². The molecule has 3 rings (SSSR count). The smallest absolute Gasteiger partial charge is 0.242 e. The number of thioether (sulfide) groups is 1. The summed E-state index contributed by atoms with van der Waals surface area (Å²) in [5.74, 6) is 1.11. The number of nitrogens with zero attached hydrogens (tertiary/aromatic N) is 1. The van der Waals surface area contributed by atoms with Crippen LogP contribution in [0.25, 0.3) is 0 Å². The van der Waals surface area contributed by atoms with Crippen molar-refractivity contribution in [2.24, 2.45) is 0 Å². The Morgan fingerprint density at radius 1 is 1.03 bits per heavy atom. The van der Waals surface area contributed by atoms with Crippen molar-refractivity contribution in [3.63, 3.8) is 0 Å². The summed E-state index contributed by atoms with van der Waals surface area (Å²) < 4.78 is 0. The predicted octanol–water partition coefficient (Wildman–Crippen LogP) is 4.70. The Bertz CT molecular complexity index is 817. The largest absolute Gasteiger partial charge is 0.352 e. The lowest BCUT2D eigenvalue weighted by atomic mass is 10.1. The molecule has 1 saturated carbocycles. The average molecular weight is 425 g/mol. The highest BCUT2D eigenvalue weighted by Crippen LogP contribution is 2.19. The Morgan fingerprint density at radius 3 is 2.37 bits per heavy atom. The predicted molar refractivity (Wildman–Crippen MR) is 124 cm³/mol. The zero-order valence-electron chi connectivity index (χ0n) is 18.0. The van der Waals surface area contributed by atoms with Crippen LogP contribution >= 0.6 is 11.8 Å². The van der Waals surface area contributed by atoms with Crippen LogP contribution in [0.2, 0.25) is 0 Å². The number of benzene rings is 2. The highest BCUT2D eigenvalue weighted by molar-refractivity contribution is 7.99. The number of nitrogens with one attached hydrogen (secondary N) is 1. The maximum absolute atomic E-state index is 13.1. The van der Waals surface area contributed by atoms with Crippen molar-refractivity contribution < 1.29 is 9.59 Å². The Hall–Kier alpha value is -2.27. The molecule has 5 heteroatoms. The van der Waals surface area contributed by atoms with Crippen molar-refractivity contribution in [3.8, 4) is 0 Å². The molecule has 0 aromatic heterocycles. The second-order valence-electron chi connectivity index (χ2n) is 8.15. The fourth-order valence-electron chi connectivity index (χ4n) is 3.78. The normalized spacial score (nSPS) is 15.0. The lowest BCUT2D eigenvalue weighted by Crippen LogP contribution is -2.50. The zero-order valence-corrected chi connectivity index (χ0v) is 18.8. The Kier molecular flexibility index (Phi) is 8.38. The van der Waals surface area contributed by atoms with Gasteiger partial charge in [0.2, 0.25) is 11.8 Å². The molecule has 0 heterocycles. The van der Waals surface area contributed by atoms with Crippen molar-refractivity contribution in [2.45, 2.75) is 63.9 Å². The van der Waals surface area contributed by atoms with E-state index in [0.717, 1.165) is 24.2 Å². The van der Waals surface area contributed by atoms with Gasteiger partial charge in [-0.15, -0.1) is 11.8 Å². The monoisotopic (exact) mass is 424 g/mol. The van der Waals surface area contributed by atoms with E-state index in [4.69, 9.17) is 0 Å². The molecule has 160 valence electrons. The molecule has 0 radical (unpaired) electrons. The average Bonchev–Trinajstić information content (AvgIpc) is 3.26. The van der Waals surface area contributed by atoms with E-state index in [1.807, 2.05) is 37.3 Å². The molecule has 2 aromatic rings. The highest BCUT2D eigenvalue weighted by atomic mass is 32.2. The van der Waals surface area contributed by atoms with Crippen LogP contribution in [-0.2, 0) is 21.9 Å². The quantitative estimate of drug-likeness (QED) is 0.634. The van der Waals surface area contributed by atoms with Gasteiger partial charge in [0, 0.05) is 18.3 Å². The summed E-state index contributed by atoms with van der Waals surface area (Å²) in [7, 11) is 0. The van der Waals surface area contributed by atoms with E-state index in [2.05, 4.69) is 36.5 Å². The van der Waals surface area contributed by atoms with Gasteiger partial charge in [-0.3, -0.25) is 9.59 Å². The van der Waals surface area contributed by atoms with E-state index in [1.54, 1.807) is 16.7 Å². The summed E-state index contributed by atoms with van der Waals surface area (Å²) in [6, 6.07) is 18.1. The molecule has 1 unspecified atom stereocenters. The van der Waals surface area contributed by atoms with Gasteiger partial charge < -0.3 is 10.2 Å². The molecule has 1 N–H and O–H groups in total. The van der Waals surface area contributed by atoms with E-state index >= 15 is 0 Å². The molecule has 1 aliphatic carbocycles. The van der Waals surface area contributed by atoms with Crippen LogP contribution in [0.4, 0.5) is 0 Å². The van der Waals surface area contributed by atoms with Crippen molar-refractivity contribution in [1.82, 2.24) is 10.2 Å². The number of carbonyl (C=O) groups excluding carboxylic acids is 2. The third-order valence-corrected chi connectivity index (χ3v) is 6.67. The first-order chi connectivity index (χ1) is 14.5. The highest BCUT2D eigenvalue weighted by Gasteiger charge is 2.28. The van der Waals surface area contributed by atoms with Gasteiger partial charge in [0.15, 0.2) is 0 Å². The van der Waals surface area contributed by atoms with Crippen LogP contribution in [0.1, 0.15) is 49.3 Å². The van der Waals surface area contributed by atoms with E-state index in [0.29, 0.717) is 12.3 Å². The van der Waals surface area contributed by atoms with Crippen molar-refractivity contribution >= 4 is 23.6 Å². The molecule has 1 atom stereocenters. The molecule has 1 fully saturated rings. The summed E-state index contributed by atoms with van der Waals surface area (Å²) in [6.07, 6.45) is 4.41. The summed E-state index contributed by atoms with van der Waals surface area (Å²) in [6.45, 7) is 4.36. The molecule has 0 bridgehead atoms. The number of hydrogen-bond acceptors (Lipinski definition) is 3. The second kappa shape index (κ2) is 11.2. The third-order valence-electron chi connectivity index (χ3n) is 5.68. The SMILES string of the molecule is Cc1ccc(CSCC(=O)N(Cc2ccccc2)C(C)C(=O)NC2CCCC2)cc1. The van der Waals surface area contributed by atoms with E-state index < -0.39 is 6.04 Å². The minimum Gasteiger partial charge on any atom is -0.352 e. The summed E-state index contributed by atoms with van der Waals surface area (Å²) in [5, 5.41) is 3.15. The maximum atomic E-state index is 13.1. The maximum Gasteiger partial charge on any atom is 0.242 e. The molecule has 0 saturated heterocycles. The molecule has 30 heavy (non-hydrogen) atoms. The van der Waals surface area contributed by atoms with Gasteiger partial charge in [-0.2, -0.15) is 0 Å². The van der Waals surface area contributed by atoms with Crippen LogP contribution in [-0.4, -0.2) is 34.6 Å². The number of carbonyl (C=O) groups is 2. The van der Waals surface area contributed by atoms with Crippen LogP contribution in [0.5, 0.6) is 0 Å². The number of aryl methyl sites for hydroxylation is 1. The Balaban J connectivity index is 1.62. The van der Waals surface area contributed by atoms with Crippen molar-refractivity contribution in [2.75, 3.05) is 5.75 Å². The van der Waals surface area contributed by atoms with Gasteiger partial charge in [0.25, 0.3) is 0 Å². The van der Waals surface area contributed by atoms with E-state index in [-0.39, 0.29) is 17.9 Å². The second-order valence-corrected chi connectivity index (χ2v) is 9.14. The van der Waals surface area contributed by atoms with E-state index in [9.17, 15) is 9.59 Å². The molecule has 0 aliphatic heterocycles. The lowest BCUT2D eigenvalue weighted by Gasteiger charge is -2.29. The Morgan fingerprint density at radius 2 is 1.70 bits per heavy atom. The first kappa shape index (κ1) is 22.4. The lowest BCUT2D eigenvalue weighted by molar-refractivity contribution is -0.138.